The van der Waals surface area contributed by atoms with Crippen molar-refractivity contribution in [3.05, 3.63) is 12.7 Å². The van der Waals surface area contributed by atoms with E-state index in [1.165, 1.54) is 103 Å². The van der Waals surface area contributed by atoms with E-state index in [0.717, 1.165) is 38.8 Å². The number of aliphatic hydroxyl groups excluding tert-OH is 2. The highest BCUT2D eigenvalue weighted by atomic mass is 16.6. The average molecular weight is 705 g/mol. The fraction of sp³-hybridized carbons (Fsp3) is 0.800. The number of aliphatic carboxylic acids is 1. The molecule has 0 aromatic carbocycles. The van der Waals surface area contributed by atoms with Gasteiger partial charge in [0.1, 0.15) is 36.2 Å². The zero-order chi connectivity index (χ0) is 36.1. The van der Waals surface area contributed by atoms with Crippen molar-refractivity contribution in [2.45, 2.75) is 153 Å². The Morgan fingerprint density at radius 1 is 0.820 bits per heavy atom. The van der Waals surface area contributed by atoms with Gasteiger partial charge < -0.3 is 47.9 Å². The van der Waals surface area contributed by atoms with Crippen molar-refractivity contribution < 1.29 is 24.9 Å². The summed E-state index contributed by atoms with van der Waals surface area (Å²) < 4.78 is 7.69. The number of aliphatic imine (C=N–C) groups is 1. The van der Waals surface area contributed by atoms with Crippen LogP contribution in [-0.4, -0.2) is 102 Å². The molecule has 1 saturated heterocycles. The van der Waals surface area contributed by atoms with Gasteiger partial charge in [-0.15, -0.1) is 0 Å². The number of rotatable bonds is 28. The maximum atomic E-state index is 11.3. The maximum Gasteiger partial charge on any atom is 0.320 e. The Bertz CT molecular complexity index is 1260. The summed E-state index contributed by atoms with van der Waals surface area (Å²) in [6.07, 6.45) is 21.6. The van der Waals surface area contributed by atoms with Gasteiger partial charge in [0.2, 0.25) is 0 Å². The third-order valence-electron chi connectivity index (χ3n) is 9.69. The van der Waals surface area contributed by atoms with Crippen LogP contribution in [0.25, 0.3) is 11.2 Å². The van der Waals surface area contributed by atoms with Crippen molar-refractivity contribution in [2.75, 3.05) is 31.9 Å². The Balaban J connectivity index is 1.25. The number of aromatic nitrogens is 4. The van der Waals surface area contributed by atoms with Gasteiger partial charge in [0.05, 0.1) is 6.33 Å². The van der Waals surface area contributed by atoms with E-state index < -0.39 is 36.6 Å². The van der Waals surface area contributed by atoms with Gasteiger partial charge >= 0.3 is 5.97 Å². The number of nitrogens with zero attached hydrogens (tertiary/aromatic N) is 6. The predicted molar refractivity (Wildman–Crippen MR) is 196 cm³/mol. The first kappa shape index (κ1) is 41.3. The van der Waals surface area contributed by atoms with Crippen LogP contribution in [0.2, 0.25) is 0 Å². The normalized spacial score (nSPS) is 19.8. The summed E-state index contributed by atoms with van der Waals surface area (Å²) in [5, 5.41) is 31.1. The number of carboxylic acid groups (broad SMARTS) is 1. The van der Waals surface area contributed by atoms with Crippen LogP contribution in [-0.2, 0) is 9.53 Å². The predicted octanol–water partition coefficient (Wildman–Crippen LogP) is 3.43. The minimum absolute atomic E-state index is 0.190. The van der Waals surface area contributed by atoms with Gasteiger partial charge in [-0.1, -0.05) is 103 Å². The van der Waals surface area contributed by atoms with E-state index in [-0.39, 0.29) is 18.2 Å². The number of fused-ring (bicyclic) bond motifs is 1. The summed E-state index contributed by atoms with van der Waals surface area (Å²) in [6.45, 7) is 2.24. The van der Waals surface area contributed by atoms with Gasteiger partial charge in [0.25, 0.3) is 0 Å². The number of hydrogen-bond acceptors (Lipinski definition) is 11. The lowest BCUT2D eigenvalue weighted by Crippen LogP contribution is -2.42. The number of ether oxygens (including phenoxy) is 1. The van der Waals surface area contributed by atoms with Crippen LogP contribution in [0.4, 0.5) is 5.82 Å². The Hall–Kier alpha value is -3.11. The van der Waals surface area contributed by atoms with Crippen molar-refractivity contribution in [2.24, 2.45) is 22.2 Å². The third kappa shape index (κ3) is 14.6. The first-order valence-electron chi connectivity index (χ1n) is 18.9. The van der Waals surface area contributed by atoms with Crippen LogP contribution in [0.1, 0.15) is 128 Å². The maximum absolute atomic E-state index is 11.3. The molecule has 0 amide bonds. The molecular weight excluding hydrogens is 640 g/mol. The topological polar surface area (TPSA) is 250 Å². The largest absolute Gasteiger partial charge is 0.480 e. The van der Waals surface area contributed by atoms with E-state index in [1.54, 1.807) is 4.57 Å². The Morgan fingerprint density at radius 2 is 1.36 bits per heavy atom. The molecule has 5 atom stereocenters. The molecule has 284 valence electrons. The number of imidazole rings is 1. The van der Waals surface area contributed by atoms with Gasteiger partial charge in [-0.3, -0.25) is 14.4 Å². The second-order valence-electron chi connectivity index (χ2n) is 13.8. The van der Waals surface area contributed by atoms with Gasteiger partial charge in [-0.05, 0) is 25.8 Å². The summed E-state index contributed by atoms with van der Waals surface area (Å²) >= 11 is 0. The molecule has 1 aliphatic heterocycles. The SMILES string of the molecule is NC(N)=NCCCCCCCCCCCCCCCCCCCCN(CC[C@H](N)C(=O)O)C[C@H]1O[C@@H](n2cnc3c(N)ncnc32)[C@H](O)[C@@H]1O. The molecule has 2 aromatic rings. The van der Waals surface area contributed by atoms with E-state index in [1.807, 2.05) is 0 Å². The smallest absolute Gasteiger partial charge is 0.320 e. The molecular formula is C35H64N10O5. The molecule has 0 aliphatic carbocycles. The molecule has 15 nitrogen and oxygen atoms in total. The van der Waals surface area contributed by atoms with Crippen LogP contribution < -0.4 is 22.9 Å². The summed E-state index contributed by atoms with van der Waals surface area (Å²) in [5.41, 5.74) is 23.2. The molecule has 0 spiro atoms. The molecule has 15 heteroatoms. The summed E-state index contributed by atoms with van der Waals surface area (Å²) in [5.74, 6) is -0.635. The summed E-state index contributed by atoms with van der Waals surface area (Å²) in [6, 6.07) is -0.970. The monoisotopic (exact) mass is 705 g/mol. The van der Waals surface area contributed by atoms with Crippen molar-refractivity contribution in [1.29, 1.82) is 0 Å². The van der Waals surface area contributed by atoms with Crippen LogP contribution in [0.5, 0.6) is 0 Å². The quantitative estimate of drug-likeness (QED) is 0.0381. The number of carboxylic acids is 1. The molecule has 3 rings (SSSR count). The average Bonchev–Trinajstić information content (AvgIpc) is 3.64. The summed E-state index contributed by atoms with van der Waals surface area (Å²) in [4.78, 5) is 29.9. The van der Waals surface area contributed by atoms with E-state index in [4.69, 9.17) is 27.7 Å². The molecule has 11 N–H and O–H groups in total. The second-order valence-corrected chi connectivity index (χ2v) is 13.8. The van der Waals surface area contributed by atoms with Crippen molar-refractivity contribution in [3.8, 4) is 0 Å². The van der Waals surface area contributed by atoms with Crippen LogP contribution >= 0.6 is 0 Å². The number of nitrogen functional groups attached to an aromatic ring is 1. The van der Waals surface area contributed by atoms with E-state index in [9.17, 15) is 20.1 Å². The number of aliphatic hydroxyl groups is 2. The molecule has 1 aliphatic rings. The van der Waals surface area contributed by atoms with E-state index >= 15 is 0 Å². The fourth-order valence-corrected chi connectivity index (χ4v) is 6.64. The van der Waals surface area contributed by atoms with Gasteiger partial charge in [-0.2, -0.15) is 0 Å². The minimum Gasteiger partial charge on any atom is -0.480 e. The number of unbranched alkanes of at least 4 members (excludes halogenated alkanes) is 17. The molecule has 0 unspecified atom stereocenters. The zero-order valence-electron chi connectivity index (χ0n) is 30.0. The first-order valence-corrected chi connectivity index (χ1v) is 18.9. The molecule has 50 heavy (non-hydrogen) atoms. The number of nitrogens with two attached hydrogens (primary N) is 4. The first-order chi connectivity index (χ1) is 24.2. The lowest BCUT2D eigenvalue weighted by atomic mass is 10.0. The standard InChI is InChI=1S/C35H64N10O5/c36-26(34(48)49)19-22-44(23-27-29(46)30(47)33(50-27)45-25-43-28-31(37)41-24-42-32(28)45)21-18-16-14-12-10-8-6-4-2-1-3-5-7-9-11-13-15-17-20-40-35(38)39/h24-27,29-30,33,46-47H,1-23,36H2,(H,48,49)(H2,37,41,42)(H4,38,39,40)/t26-,27+,29+,30+,33+/m0/s1. The van der Waals surface area contributed by atoms with Crippen LogP contribution in [0, 0.1) is 0 Å². The van der Waals surface area contributed by atoms with E-state index in [0.29, 0.717) is 24.3 Å². The summed E-state index contributed by atoms with van der Waals surface area (Å²) in [7, 11) is 0. The van der Waals surface area contributed by atoms with Crippen molar-refractivity contribution in [3.63, 3.8) is 0 Å². The fourth-order valence-electron chi connectivity index (χ4n) is 6.64. The molecule has 2 aromatic heterocycles. The Labute approximate surface area is 297 Å². The van der Waals surface area contributed by atoms with Crippen molar-refractivity contribution >= 4 is 28.9 Å². The van der Waals surface area contributed by atoms with Crippen molar-refractivity contribution in [1.82, 2.24) is 24.4 Å². The number of guanidine groups is 1. The lowest BCUT2D eigenvalue weighted by Gasteiger charge is -2.27. The van der Waals surface area contributed by atoms with Gasteiger partial charge in [0, 0.05) is 19.6 Å². The lowest BCUT2D eigenvalue weighted by molar-refractivity contribution is -0.138. The van der Waals surface area contributed by atoms with Gasteiger partial charge in [0.15, 0.2) is 23.7 Å². The van der Waals surface area contributed by atoms with Crippen LogP contribution in [0.15, 0.2) is 17.6 Å². The second kappa shape index (κ2) is 23.4. The Kier molecular flexibility index (Phi) is 19.3. The zero-order valence-corrected chi connectivity index (χ0v) is 30.0. The van der Waals surface area contributed by atoms with Gasteiger partial charge in [-0.25, -0.2) is 15.0 Å². The number of carbonyl (C=O) groups is 1. The highest BCUT2D eigenvalue weighted by Crippen LogP contribution is 2.32. The number of anilines is 1. The highest BCUT2D eigenvalue weighted by molar-refractivity contribution is 5.81. The molecule has 3 heterocycles. The van der Waals surface area contributed by atoms with Crippen LogP contribution in [0.3, 0.4) is 0 Å². The molecule has 0 bridgehead atoms. The molecule has 0 saturated carbocycles. The Morgan fingerprint density at radius 3 is 1.90 bits per heavy atom. The molecule has 0 radical (unpaired) electrons. The molecule has 1 fully saturated rings. The van der Waals surface area contributed by atoms with E-state index in [2.05, 4.69) is 24.8 Å². The highest BCUT2D eigenvalue weighted by Gasteiger charge is 2.44. The minimum atomic E-state index is -1.21. The third-order valence-corrected chi connectivity index (χ3v) is 9.69. The number of hydrogen-bond donors (Lipinski definition) is 7.